The molecule has 0 spiro atoms. The highest BCUT2D eigenvalue weighted by Crippen LogP contribution is 2.15. The summed E-state index contributed by atoms with van der Waals surface area (Å²) in [7, 11) is 0. The summed E-state index contributed by atoms with van der Waals surface area (Å²) >= 11 is 0. The Labute approximate surface area is 244 Å². The maximum absolute atomic E-state index is 11.3. The van der Waals surface area contributed by atoms with Gasteiger partial charge in [0.2, 0.25) is 0 Å². The number of carbonyl (C=O) groups is 2. The van der Waals surface area contributed by atoms with E-state index < -0.39 is 5.97 Å². The third-order valence-electron chi connectivity index (χ3n) is 7.27. The molecule has 0 aliphatic heterocycles. The van der Waals surface area contributed by atoms with Crippen LogP contribution in [0.15, 0.2) is 0 Å². The Balaban J connectivity index is 0. The van der Waals surface area contributed by atoms with Gasteiger partial charge in [-0.15, -0.1) is 0 Å². The number of hydrogen-bond acceptors (Lipinski definition) is 3. The Morgan fingerprint density at radius 1 is 0.513 bits per heavy atom. The van der Waals surface area contributed by atoms with Crippen molar-refractivity contribution >= 4 is 11.9 Å². The lowest BCUT2D eigenvalue weighted by molar-refractivity contribution is -0.147. The SMILES string of the molecule is CC(C)CCCCCCCCCCCCCCC(=O)O.CCCCCCCCCCCCCC(=O)OC(C)C. The number of rotatable bonds is 28. The molecule has 0 unspecified atom stereocenters. The number of hydrogen-bond donors (Lipinski definition) is 1. The van der Waals surface area contributed by atoms with E-state index in [0.29, 0.717) is 12.8 Å². The van der Waals surface area contributed by atoms with Crippen LogP contribution in [0.5, 0.6) is 0 Å². The van der Waals surface area contributed by atoms with Gasteiger partial charge in [0, 0.05) is 12.8 Å². The van der Waals surface area contributed by atoms with E-state index in [1.807, 2.05) is 13.8 Å². The number of unbranched alkanes of at least 4 members (excludes halogenated alkanes) is 21. The number of aliphatic carboxylic acids is 1. The number of carbonyl (C=O) groups excluding carboxylic acids is 1. The topological polar surface area (TPSA) is 63.6 Å². The molecule has 0 bridgehead atoms. The highest BCUT2D eigenvalue weighted by molar-refractivity contribution is 5.69. The number of carboxylic acids is 1. The van der Waals surface area contributed by atoms with E-state index in [0.717, 1.165) is 25.2 Å². The monoisotopic (exact) mass is 555 g/mol. The van der Waals surface area contributed by atoms with Crippen LogP contribution in [0.2, 0.25) is 0 Å². The average Bonchev–Trinajstić information content (AvgIpc) is 2.87. The van der Waals surface area contributed by atoms with Gasteiger partial charge < -0.3 is 9.84 Å². The molecule has 0 saturated heterocycles. The van der Waals surface area contributed by atoms with E-state index in [1.54, 1.807) is 0 Å². The van der Waals surface area contributed by atoms with E-state index in [2.05, 4.69) is 20.8 Å². The molecule has 1 N–H and O–H groups in total. The van der Waals surface area contributed by atoms with Crippen molar-refractivity contribution in [2.24, 2.45) is 5.92 Å². The molecule has 0 atom stereocenters. The minimum absolute atomic E-state index is 0.0280. The van der Waals surface area contributed by atoms with E-state index in [4.69, 9.17) is 9.84 Å². The summed E-state index contributed by atoms with van der Waals surface area (Å²) in [6, 6.07) is 0. The maximum Gasteiger partial charge on any atom is 0.306 e. The second kappa shape index (κ2) is 33.1. The van der Waals surface area contributed by atoms with E-state index >= 15 is 0 Å². The summed E-state index contributed by atoms with van der Waals surface area (Å²) in [5, 5.41) is 8.52. The van der Waals surface area contributed by atoms with Gasteiger partial charge >= 0.3 is 11.9 Å². The molecule has 4 nitrogen and oxygen atoms in total. The quantitative estimate of drug-likeness (QED) is 0.0771. The molecule has 0 fully saturated rings. The van der Waals surface area contributed by atoms with Gasteiger partial charge in [-0.3, -0.25) is 9.59 Å². The summed E-state index contributed by atoms with van der Waals surface area (Å²) in [6.07, 6.45) is 32.4. The molecule has 0 aliphatic carbocycles. The van der Waals surface area contributed by atoms with Gasteiger partial charge in [-0.25, -0.2) is 0 Å². The molecule has 4 heteroatoms. The molecule has 234 valence electrons. The molecule has 0 amide bonds. The number of esters is 1. The van der Waals surface area contributed by atoms with Gasteiger partial charge in [-0.2, -0.15) is 0 Å². The molecule has 0 aromatic rings. The van der Waals surface area contributed by atoms with Crippen LogP contribution in [0.1, 0.15) is 202 Å². The van der Waals surface area contributed by atoms with E-state index in [9.17, 15) is 9.59 Å². The van der Waals surface area contributed by atoms with Crippen LogP contribution >= 0.6 is 0 Å². The zero-order valence-corrected chi connectivity index (χ0v) is 27.2. The third-order valence-corrected chi connectivity index (χ3v) is 7.27. The predicted octanol–water partition coefficient (Wildman–Crippen LogP) is 11.8. The normalized spacial score (nSPS) is 11.1. The molecule has 0 heterocycles. The largest absolute Gasteiger partial charge is 0.481 e. The molecule has 0 saturated carbocycles. The van der Waals surface area contributed by atoms with Crippen molar-refractivity contribution in [3.8, 4) is 0 Å². The van der Waals surface area contributed by atoms with Crippen molar-refractivity contribution in [2.75, 3.05) is 0 Å². The Kier molecular flexibility index (Phi) is 34.1. The smallest absolute Gasteiger partial charge is 0.306 e. The molecule has 0 radical (unpaired) electrons. The first-order valence-corrected chi connectivity index (χ1v) is 17.2. The van der Waals surface area contributed by atoms with Crippen LogP contribution in [-0.4, -0.2) is 23.1 Å². The second-order valence-corrected chi connectivity index (χ2v) is 12.4. The number of carboxylic acid groups (broad SMARTS) is 1. The van der Waals surface area contributed by atoms with Crippen LogP contribution in [0.3, 0.4) is 0 Å². The summed E-state index contributed by atoms with van der Waals surface area (Å²) in [4.78, 5) is 21.6. The molecule has 39 heavy (non-hydrogen) atoms. The lowest BCUT2D eigenvalue weighted by Gasteiger charge is -2.07. The average molecular weight is 555 g/mol. The first-order chi connectivity index (χ1) is 18.8. The minimum Gasteiger partial charge on any atom is -0.481 e. The first-order valence-electron chi connectivity index (χ1n) is 17.2. The van der Waals surface area contributed by atoms with E-state index in [1.165, 1.54) is 135 Å². The molecule has 0 aromatic carbocycles. The molecule has 0 aromatic heterocycles. The Morgan fingerprint density at radius 3 is 1.18 bits per heavy atom. The van der Waals surface area contributed by atoms with Crippen molar-refractivity contribution in [3.05, 3.63) is 0 Å². The molecule has 0 aliphatic rings. The van der Waals surface area contributed by atoms with Crippen molar-refractivity contribution in [3.63, 3.8) is 0 Å². The maximum atomic E-state index is 11.3. The van der Waals surface area contributed by atoms with Crippen LogP contribution in [0.4, 0.5) is 0 Å². The standard InChI is InChI=1S/C18H36O2.C17H34O2/c1-17(2)15-13-11-9-7-5-3-4-6-8-10-12-14-16-18(19)20;1-4-5-6-7-8-9-10-11-12-13-14-15-17(18)19-16(2)3/h17H,3-16H2,1-2H3,(H,19,20);16H,4-15H2,1-3H3. The van der Waals surface area contributed by atoms with Crippen molar-refractivity contribution in [1.82, 2.24) is 0 Å². The van der Waals surface area contributed by atoms with Gasteiger partial charge in [0.15, 0.2) is 0 Å². The van der Waals surface area contributed by atoms with Gasteiger partial charge in [0.05, 0.1) is 6.10 Å². The fraction of sp³-hybridized carbons (Fsp3) is 0.943. The Morgan fingerprint density at radius 2 is 0.846 bits per heavy atom. The summed E-state index contributed by atoms with van der Waals surface area (Å²) in [5.74, 6) is 0.176. The lowest BCUT2D eigenvalue weighted by atomic mass is 10.0. The van der Waals surface area contributed by atoms with Gasteiger partial charge in [0.25, 0.3) is 0 Å². The molecule has 0 rings (SSSR count). The minimum atomic E-state index is -0.654. The van der Waals surface area contributed by atoms with Crippen LogP contribution < -0.4 is 0 Å². The second-order valence-electron chi connectivity index (χ2n) is 12.4. The highest BCUT2D eigenvalue weighted by atomic mass is 16.5. The first kappa shape index (κ1) is 40.1. The Bertz CT molecular complexity index is 501. The van der Waals surface area contributed by atoms with Crippen LogP contribution in [-0.2, 0) is 14.3 Å². The number of ether oxygens (including phenoxy) is 1. The van der Waals surface area contributed by atoms with Crippen molar-refractivity contribution in [2.45, 2.75) is 208 Å². The van der Waals surface area contributed by atoms with Gasteiger partial charge in [0.1, 0.15) is 0 Å². The van der Waals surface area contributed by atoms with Crippen molar-refractivity contribution < 1.29 is 19.4 Å². The predicted molar refractivity (Wildman–Crippen MR) is 169 cm³/mol. The van der Waals surface area contributed by atoms with Crippen molar-refractivity contribution in [1.29, 1.82) is 0 Å². The molecular weight excluding hydrogens is 484 g/mol. The van der Waals surface area contributed by atoms with E-state index in [-0.39, 0.29) is 12.1 Å². The molecular formula is C35H70O4. The highest BCUT2D eigenvalue weighted by Gasteiger charge is 2.04. The fourth-order valence-electron chi connectivity index (χ4n) is 4.85. The summed E-state index contributed by atoms with van der Waals surface area (Å²) in [6.45, 7) is 10.7. The third kappa shape index (κ3) is 41.6. The van der Waals surface area contributed by atoms with Crippen LogP contribution in [0.25, 0.3) is 0 Å². The zero-order valence-electron chi connectivity index (χ0n) is 27.2. The summed E-state index contributed by atoms with van der Waals surface area (Å²) in [5.41, 5.74) is 0. The van der Waals surface area contributed by atoms with Crippen LogP contribution in [0, 0.1) is 5.92 Å². The van der Waals surface area contributed by atoms with Gasteiger partial charge in [-0.05, 0) is 32.6 Å². The summed E-state index contributed by atoms with van der Waals surface area (Å²) < 4.78 is 5.10. The fourth-order valence-corrected chi connectivity index (χ4v) is 4.85. The lowest BCUT2D eigenvalue weighted by Crippen LogP contribution is -2.10. The zero-order chi connectivity index (χ0) is 29.4. The van der Waals surface area contributed by atoms with Gasteiger partial charge in [-0.1, -0.05) is 162 Å². The Hall–Kier alpha value is -1.06.